The molecule has 102 valence electrons. The molecule has 0 atom stereocenters. The Morgan fingerprint density at radius 2 is 1.94 bits per heavy atom. The molecular formula is C12H20N2O3S. The Labute approximate surface area is 108 Å². The van der Waals surface area contributed by atoms with Crippen LogP contribution in [0.3, 0.4) is 0 Å². The molecular weight excluding hydrogens is 252 g/mol. The van der Waals surface area contributed by atoms with Crippen LogP contribution in [0, 0.1) is 6.92 Å². The molecule has 6 heteroatoms. The number of nitrogen functional groups attached to an aromatic ring is 1. The number of hydrogen-bond acceptors (Lipinski definition) is 4. The summed E-state index contributed by atoms with van der Waals surface area (Å²) in [5, 5.41) is 8.97. The van der Waals surface area contributed by atoms with Crippen molar-refractivity contribution in [2.75, 3.05) is 18.9 Å². The zero-order valence-electron chi connectivity index (χ0n) is 10.9. The number of aliphatic hydroxyl groups excluding tert-OH is 1. The lowest BCUT2D eigenvalue weighted by Gasteiger charge is -2.25. The molecule has 0 aliphatic heterocycles. The van der Waals surface area contributed by atoms with E-state index in [-0.39, 0.29) is 24.1 Å². The second-order valence-corrected chi connectivity index (χ2v) is 6.40. The maximum Gasteiger partial charge on any atom is 0.243 e. The molecule has 0 amide bonds. The van der Waals surface area contributed by atoms with E-state index < -0.39 is 10.0 Å². The SMILES string of the molecule is Cc1cc(N)cc(S(=O)(=O)N(CCO)C(C)C)c1. The van der Waals surface area contributed by atoms with Gasteiger partial charge in [0.2, 0.25) is 10.0 Å². The van der Waals surface area contributed by atoms with Crippen LogP contribution >= 0.6 is 0 Å². The minimum absolute atomic E-state index is 0.0772. The molecule has 0 unspecified atom stereocenters. The summed E-state index contributed by atoms with van der Waals surface area (Å²) in [7, 11) is -3.61. The third-order valence-electron chi connectivity index (χ3n) is 2.58. The Hall–Kier alpha value is -1.11. The molecule has 0 fully saturated rings. The van der Waals surface area contributed by atoms with E-state index in [2.05, 4.69) is 0 Å². The van der Waals surface area contributed by atoms with Crippen LogP contribution in [0.2, 0.25) is 0 Å². The van der Waals surface area contributed by atoms with Crippen LogP contribution in [0.25, 0.3) is 0 Å². The van der Waals surface area contributed by atoms with Gasteiger partial charge >= 0.3 is 0 Å². The van der Waals surface area contributed by atoms with E-state index in [0.717, 1.165) is 5.56 Å². The molecule has 1 aromatic carbocycles. The Bertz CT molecular complexity index is 492. The van der Waals surface area contributed by atoms with E-state index in [1.54, 1.807) is 32.9 Å². The van der Waals surface area contributed by atoms with Gasteiger partial charge in [-0.3, -0.25) is 0 Å². The zero-order valence-corrected chi connectivity index (χ0v) is 11.7. The predicted molar refractivity (Wildman–Crippen MR) is 71.7 cm³/mol. The third-order valence-corrected chi connectivity index (χ3v) is 4.63. The van der Waals surface area contributed by atoms with Gasteiger partial charge in [0.25, 0.3) is 0 Å². The van der Waals surface area contributed by atoms with E-state index in [0.29, 0.717) is 5.69 Å². The van der Waals surface area contributed by atoms with Gasteiger partial charge in [0.05, 0.1) is 11.5 Å². The molecule has 0 saturated carbocycles. The van der Waals surface area contributed by atoms with Crippen LogP contribution in [-0.2, 0) is 10.0 Å². The third kappa shape index (κ3) is 3.22. The van der Waals surface area contributed by atoms with Crippen molar-refractivity contribution in [2.45, 2.75) is 31.7 Å². The topological polar surface area (TPSA) is 83.6 Å². The Balaban J connectivity index is 3.26. The van der Waals surface area contributed by atoms with Crippen molar-refractivity contribution in [1.82, 2.24) is 4.31 Å². The number of anilines is 1. The van der Waals surface area contributed by atoms with Crippen LogP contribution in [-0.4, -0.2) is 37.0 Å². The van der Waals surface area contributed by atoms with Gasteiger partial charge in [-0.15, -0.1) is 0 Å². The van der Waals surface area contributed by atoms with E-state index >= 15 is 0 Å². The van der Waals surface area contributed by atoms with Gasteiger partial charge in [-0.1, -0.05) is 0 Å². The van der Waals surface area contributed by atoms with Crippen molar-refractivity contribution in [1.29, 1.82) is 0 Å². The average Bonchev–Trinajstić information content (AvgIpc) is 2.23. The minimum atomic E-state index is -3.61. The standard InChI is InChI=1S/C12H20N2O3S/c1-9(2)14(4-5-15)18(16,17)12-7-10(3)6-11(13)8-12/h6-9,15H,4-5,13H2,1-3H3. The fourth-order valence-electron chi connectivity index (χ4n) is 1.82. The van der Waals surface area contributed by atoms with Crippen LogP contribution in [0.1, 0.15) is 19.4 Å². The first-order valence-corrected chi connectivity index (χ1v) is 7.23. The Kier molecular flexibility index (Phi) is 4.72. The summed E-state index contributed by atoms with van der Waals surface area (Å²) in [6, 6.07) is 4.52. The summed E-state index contributed by atoms with van der Waals surface area (Å²) in [5.41, 5.74) is 6.88. The van der Waals surface area contributed by atoms with E-state index in [1.807, 2.05) is 0 Å². The second kappa shape index (κ2) is 5.69. The highest BCUT2D eigenvalue weighted by Gasteiger charge is 2.26. The molecule has 5 nitrogen and oxygen atoms in total. The molecule has 3 N–H and O–H groups in total. The summed E-state index contributed by atoms with van der Waals surface area (Å²) in [6.45, 7) is 5.20. The first kappa shape index (κ1) is 14.9. The van der Waals surface area contributed by atoms with Gasteiger partial charge < -0.3 is 10.8 Å². The van der Waals surface area contributed by atoms with Crippen molar-refractivity contribution in [3.8, 4) is 0 Å². The Morgan fingerprint density at radius 1 is 1.33 bits per heavy atom. The first-order chi connectivity index (χ1) is 8.28. The zero-order chi connectivity index (χ0) is 13.9. The predicted octanol–water partition coefficient (Wildman–Crippen LogP) is 0.969. The van der Waals surface area contributed by atoms with Gasteiger partial charge in [0, 0.05) is 18.3 Å². The van der Waals surface area contributed by atoms with Crippen LogP contribution < -0.4 is 5.73 Å². The molecule has 0 bridgehead atoms. The molecule has 0 radical (unpaired) electrons. The minimum Gasteiger partial charge on any atom is -0.399 e. The monoisotopic (exact) mass is 272 g/mol. The number of nitrogens with two attached hydrogens (primary N) is 1. The molecule has 18 heavy (non-hydrogen) atoms. The highest BCUT2D eigenvalue weighted by molar-refractivity contribution is 7.89. The van der Waals surface area contributed by atoms with Crippen molar-refractivity contribution in [3.05, 3.63) is 23.8 Å². The second-order valence-electron chi connectivity index (χ2n) is 4.51. The average molecular weight is 272 g/mol. The summed E-state index contributed by atoms with van der Waals surface area (Å²) >= 11 is 0. The summed E-state index contributed by atoms with van der Waals surface area (Å²) in [5.74, 6) is 0. The molecule has 0 heterocycles. The lowest BCUT2D eigenvalue weighted by Crippen LogP contribution is -2.39. The largest absolute Gasteiger partial charge is 0.399 e. The number of rotatable bonds is 5. The molecule has 0 aliphatic rings. The van der Waals surface area contributed by atoms with Crippen LogP contribution in [0.4, 0.5) is 5.69 Å². The summed E-state index contributed by atoms with van der Waals surface area (Å²) in [6.07, 6.45) is 0. The fraction of sp³-hybridized carbons (Fsp3) is 0.500. The van der Waals surface area contributed by atoms with Gasteiger partial charge in [-0.05, 0) is 44.5 Å². The maximum absolute atomic E-state index is 12.4. The van der Waals surface area contributed by atoms with Crippen LogP contribution in [0.15, 0.2) is 23.1 Å². The highest BCUT2D eigenvalue weighted by atomic mass is 32.2. The number of aliphatic hydroxyl groups is 1. The fourth-order valence-corrected chi connectivity index (χ4v) is 3.58. The summed E-state index contributed by atoms with van der Waals surface area (Å²) in [4.78, 5) is 0.169. The lowest BCUT2D eigenvalue weighted by molar-refractivity contribution is 0.236. The van der Waals surface area contributed by atoms with Gasteiger partial charge in [-0.2, -0.15) is 4.31 Å². The number of benzene rings is 1. The van der Waals surface area contributed by atoms with E-state index in [4.69, 9.17) is 10.8 Å². The van der Waals surface area contributed by atoms with Crippen molar-refractivity contribution >= 4 is 15.7 Å². The van der Waals surface area contributed by atoms with E-state index in [9.17, 15) is 8.42 Å². The molecule has 1 aromatic rings. The Morgan fingerprint density at radius 3 is 2.39 bits per heavy atom. The smallest absolute Gasteiger partial charge is 0.243 e. The molecule has 1 rings (SSSR count). The lowest BCUT2D eigenvalue weighted by atomic mass is 10.2. The van der Waals surface area contributed by atoms with E-state index in [1.165, 1.54) is 10.4 Å². The summed E-state index contributed by atoms with van der Waals surface area (Å²) < 4.78 is 26.1. The van der Waals surface area contributed by atoms with Crippen molar-refractivity contribution < 1.29 is 13.5 Å². The molecule has 0 aromatic heterocycles. The number of aryl methyl sites for hydroxylation is 1. The maximum atomic E-state index is 12.4. The van der Waals surface area contributed by atoms with Crippen molar-refractivity contribution in [2.24, 2.45) is 0 Å². The number of sulfonamides is 1. The van der Waals surface area contributed by atoms with Gasteiger partial charge in [0.15, 0.2) is 0 Å². The highest BCUT2D eigenvalue weighted by Crippen LogP contribution is 2.21. The quantitative estimate of drug-likeness (QED) is 0.782. The normalized spacial score (nSPS) is 12.3. The van der Waals surface area contributed by atoms with Crippen molar-refractivity contribution in [3.63, 3.8) is 0 Å². The van der Waals surface area contributed by atoms with Gasteiger partial charge in [-0.25, -0.2) is 8.42 Å². The van der Waals surface area contributed by atoms with Crippen LogP contribution in [0.5, 0.6) is 0 Å². The van der Waals surface area contributed by atoms with Gasteiger partial charge in [0.1, 0.15) is 0 Å². The number of hydrogen-bond donors (Lipinski definition) is 2. The molecule has 0 aliphatic carbocycles. The molecule has 0 saturated heterocycles. The number of nitrogens with zero attached hydrogens (tertiary/aromatic N) is 1. The molecule has 0 spiro atoms. The first-order valence-electron chi connectivity index (χ1n) is 5.79.